The number of nitrogens with one attached hydrogen (secondary N) is 1. The van der Waals surface area contributed by atoms with Gasteiger partial charge in [-0.2, -0.15) is 0 Å². The number of halogens is 1. The van der Waals surface area contributed by atoms with Crippen LogP contribution in [0.5, 0.6) is 0 Å². The number of nitrogens with zero attached hydrogens (tertiary/aromatic N) is 2. The number of benzene rings is 3. The van der Waals surface area contributed by atoms with Crippen LogP contribution in [0.4, 0.5) is 5.69 Å². The molecule has 3 rings (SSSR count). The number of carbonyl (C=O) groups is 2. The molecule has 2 amide bonds. The van der Waals surface area contributed by atoms with Crippen molar-refractivity contribution in [3.8, 4) is 0 Å². The van der Waals surface area contributed by atoms with Crippen molar-refractivity contribution in [2.75, 3.05) is 10.8 Å². The lowest BCUT2D eigenvalue weighted by Gasteiger charge is -2.33. The lowest BCUT2D eigenvalue weighted by atomic mass is 10.1. The molecule has 0 fully saturated rings. The minimum atomic E-state index is -4.10. The highest BCUT2D eigenvalue weighted by molar-refractivity contribution is 7.92. The van der Waals surface area contributed by atoms with E-state index in [4.69, 9.17) is 11.6 Å². The Kier molecular flexibility index (Phi) is 10.5. The Balaban J connectivity index is 2.06. The molecule has 0 aliphatic carbocycles. The van der Waals surface area contributed by atoms with Crippen molar-refractivity contribution in [1.29, 1.82) is 0 Å². The predicted molar refractivity (Wildman–Crippen MR) is 156 cm³/mol. The highest BCUT2D eigenvalue weighted by Crippen LogP contribution is 2.26. The molecule has 1 atom stereocenters. The molecule has 9 heteroatoms. The number of rotatable bonds is 12. The molecule has 0 radical (unpaired) electrons. The summed E-state index contributed by atoms with van der Waals surface area (Å²) in [6.07, 6.45) is 1.13. The minimum absolute atomic E-state index is 0.0521. The van der Waals surface area contributed by atoms with E-state index in [1.807, 2.05) is 39.8 Å². The van der Waals surface area contributed by atoms with Gasteiger partial charge >= 0.3 is 0 Å². The van der Waals surface area contributed by atoms with Gasteiger partial charge in [-0.1, -0.05) is 74.0 Å². The van der Waals surface area contributed by atoms with Crippen LogP contribution in [0.25, 0.3) is 0 Å². The molecule has 0 aliphatic rings. The van der Waals surface area contributed by atoms with Crippen LogP contribution < -0.4 is 9.62 Å². The normalized spacial score (nSPS) is 12.2. The van der Waals surface area contributed by atoms with Gasteiger partial charge in [0, 0.05) is 17.6 Å². The van der Waals surface area contributed by atoms with Gasteiger partial charge in [-0.25, -0.2) is 8.42 Å². The quantitative estimate of drug-likeness (QED) is 0.315. The lowest BCUT2D eigenvalue weighted by Crippen LogP contribution is -2.53. The minimum Gasteiger partial charge on any atom is -0.352 e. The number of hydrogen-bond acceptors (Lipinski definition) is 4. The van der Waals surface area contributed by atoms with Crippen molar-refractivity contribution >= 4 is 39.1 Å². The van der Waals surface area contributed by atoms with E-state index in [0.717, 1.165) is 16.3 Å². The van der Waals surface area contributed by atoms with Crippen LogP contribution in [0.1, 0.15) is 45.2 Å². The smallest absolute Gasteiger partial charge is 0.264 e. The van der Waals surface area contributed by atoms with E-state index < -0.39 is 28.5 Å². The third kappa shape index (κ3) is 7.61. The Bertz CT molecular complexity index is 1360. The second-order valence-corrected chi connectivity index (χ2v) is 11.8. The molecule has 0 unspecified atom stereocenters. The molecule has 0 aliphatic heterocycles. The molecule has 0 aromatic heterocycles. The molecule has 39 heavy (non-hydrogen) atoms. The van der Waals surface area contributed by atoms with Gasteiger partial charge in [0.15, 0.2) is 0 Å². The first-order valence-corrected chi connectivity index (χ1v) is 14.9. The standard InChI is InChI=1S/C30H36ClN3O4S/c1-5-23-16-18-25(19-17-23)34(39(37,38)26-13-8-7-9-14-26)21-29(35)33(20-24-12-10-11-15-27(24)31)28(6-2)30(36)32-22(3)4/h7-19,22,28H,5-6,20-21H2,1-4H3,(H,32,36)/t28-/m0/s1. The van der Waals surface area contributed by atoms with Gasteiger partial charge in [-0.3, -0.25) is 13.9 Å². The Morgan fingerprint density at radius 2 is 1.51 bits per heavy atom. The average Bonchev–Trinajstić information content (AvgIpc) is 2.92. The van der Waals surface area contributed by atoms with E-state index in [1.165, 1.54) is 17.0 Å². The monoisotopic (exact) mass is 569 g/mol. The van der Waals surface area contributed by atoms with Gasteiger partial charge in [0.2, 0.25) is 11.8 Å². The van der Waals surface area contributed by atoms with Crippen LogP contribution in [0.15, 0.2) is 83.8 Å². The molecule has 0 bridgehead atoms. The third-order valence-electron chi connectivity index (χ3n) is 6.36. The maximum Gasteiger partial charge on any atom is 0.264 e. The first kappa shape index (κ1) is 30.2. The van der Waals surface area contributed by atoms with Crippen molar-refractivity contribution in [1.82, 2.24) is 10.2 Å². The lowest BCUT2D eigenvalue weighted by molar-refractivity contribution is -0.140. The van der Waals surface area contributed by atoms with E-state index in [2.05, 4.69) is 5.32 Å². The van der Waals surface area contributed by atoms with Crippen LogP contribution in [-0.2, 0) is 32.6 Å². The van der Waals surface area contributed by atoms with E-state index in [1.54, 1.807) is 54.6 Å². The van der Waals surface area contributed by atoms with Crippen molar-refractivity contribution in [3.05, 3.63) is 95.0 Å². The van der Waals surface area contributed by atoms with Gasteiger partial charge in [-0.15, -0.1) is 0 Å². The Hall–Kier alpha value is -3.36. The first-order chi connectivity index (χ1) is 18.6. The number of aryl methyl sites for hydroxylation is 1. The van der Waals surface area contributed by atoms with Crippen LogP contribution in [0.3, 0.4) is 0 Å². The largest absolute Gasteiger partial charge is 0.352 e. The Labute approximate surface area is 236 Å². The van der Waals surface area contributed by atoms with Crippen LogP contribution >= 0.6 is 11.6 Å². The number of hydrogen-bond donors (Lipinski definition) is 1. The molecular weight excluding hydrogens is 534 g/mol. The SMILES string of the molecule is CCc1ccc(N(CC(=O)N(Cc2ccccc2Cl)[C@@H](CC)C(=O)NC(C)C)S(=O)(=O)c2ccccc2)cc1. The van der Waals surface area contributed by atoms with E-state index >= 15 is 0 Å². The molecule has 0 spiro atoms. The molecule has 0 saturated heterocycles. The molecular formula is C30H36ClN3O4S. The molecule has 208 valence electrons. The summed E-state index contributed by atoms with van der Waals surface area (Å²) >= 11 is 6.42. The zero-order chi connectivity index (χ0) is 28.6. The zero-order valence-electron chi connectivity index (χ0n) is 22.8. The summed E-state index contributed by atoms with van der Waals surface area (Å²) in [6, 6.07) is 21.3. The number of sulfonamides is 1. The van der Waals surface area contributed by atoms with Crippen molar-refractivity contribution in [3.63, 3.8) is 0 Å². The van der Waals surface area contributed by atoms with Gasteiger partial charge in [0.1, 0.15) is 12.6 Å². The summed E-state index contributed by atoms with van der Waals surface area (Å²) in [5.41, 5.74) is 2.06. The van der Waals surface area contributed by atoms with Crippen LogP contribution in [-0.4, -0.2) is 43.8 Å². The number of anilines is 1. The highest BCUT2D eigenvalue weighted by atomic mass is 35.5. The molecule has 7 nitrogen and oxygen atoms in total. The molecule has 3 aromatic rings. The van der Waals surface area contributed by atoms with Crippen LogP contribution in [0.2, 0.25) is 5.02 Å². The highest BCUT2D eigenvalue weighted by Gasteiger charge is 2.34. The van der Waals surface area contributed by atoms with E-state index in [9.17, 15) is 18.0 Å². The van der Waals surface area contributed by atoms with E-state index in [0.29, 0.717) is 22.7 Å². The van der Waals surface area contributed by atoms with Crippen LogP contribution in [0, 0.1) is 0 Å². The Morgan fingerprint density at radius 3 is 2.08 bits per heavy atom. The fraction of sp³-hybridized carbons (Fsp3) is 0.333. The number of carbonyl (C=O) groups excluding carboxylic acids is 2. The van der Waals surface area contributed by atoms with Gasteiger partial charge in [0.25, 0.3) is 10.0 Å². The fourth-order valence-electron chi connectivity index (χ4n) is 4.26. The van der Waals surface area contributed by atoms with E-state index in [-0.39, 0.29) is 23.4 Å². The molecule has 3 aromatic carbocycles. The summed E-state index contributed by atoms with van der Waals surface area (Å²) < 4.78 is 28.8. The van der Waals surface area contributed by atoms with Gasteiger partial charge in [0.05, 0.1) is 10.6 Å². The maximum absolute atomic E-state index is 14.0. The predicted octanol–water partition coefficient (Wildman–Crippen LogP) is 5.43. The van der Waals surface area contributed by atoms with Crippen molar-refractivity contribution in [2.45, 2.75) is 64.1 Å². The topological polar surface area (TPSA) is 86.8 Å². The number of amides is 2. The summed E-state index contributed by atoms with van der Waals surface area (Å²) in [6.45, 7) is 7.09. The second-order valence-electron chi connectivity index (χ2n) is 9.55. The zero-order valence-corrected chi connectivity index (χ0v) is 24.4. The molecule has 0 heterocycles. The summed E-state index contributed by atoms with van der Waals surface area (Å²) in [5.74, 6) is -0.822. The van der Waals surface area contributed by atoms with Crippen molar-refractivity contribution in [2.24, 2.45) is 0 Å². The summed E-state index contributed by atoms with van der Waals surface area (Å²) in [4.78, 5) is 28.7. The summed E-state index contributed by atoms with van der Waals surface area (Å²) in [7, 11) is -4.10. The Morgan fingerprint density at radius 1 is 0.897 bits per heavy atom. The molecule has 1 N–H and O–H groups in total. The summed E-state index contributed by atoms with van der Waals surface area (Å²) in [5, 5.41) is 3.34. The van der Waals surface area contributed by atoms with Gasteiger partial charge < -0.3 is 10.2 Å². The fourth-order valence-corrected chi connectivity index (χ4v) is 5.89. The third-order valence-corrected chi connectivity index (χ3v) is 8.51. The second kappa shape index (κ2) is 13.6. The first-order valence-electron chi connectivity index (χ1n) is 13.1. The van der Waals surface area contributed by atoms with Gasteiger partial charge in [-0.05, 0) is 68.1 Å². The van der Waals surface area contributed by atoms with Crippen molar-refractivity contribution < 1.29 is 18.0 Å². The average molecular weight is 570 g/mol. The maximum atomic E-state index is 14.0. The molecule has 0 saturated carbocycles.